The van der Waals surface area contributed by atoms with Crippen LogP contribution in [0, 0.1) is 10.1 Å². The lowest BCUT2D eigenvalue weighted by Gasteiger charge is -2.13. The van der Waals surface area contributed by atoms with Crippen molar-refractivity contribution in [2.45, 2.75) is 6.92 Å². The summed E-state index contributed by atoms with van der Waals surface area (Å²) < 4.78 is 11.6. The molecule has 7 nitrogen and oxygen atoms in total. The van der Waals surface area contributed by atoms with Gasteiger partial charge in [0.05, 0.1) is 33.8 Å². The molecule has 1 aliphatic heterocycles. The highest BCUT2D eigenvalue weighted by Gasteiger charge is 2.33. The largest absolute Gasteiger partial charge is 0.494 e. The summed E-state index contributed by atoms with van der Waals surface area (Å²) in [5, 5.41) is 11.5. The van der Waals surface area contributed by atoms with E-state index in [-0.39, 0.29) is 11.6 Å². The van der Waals surface area contributed by atoms with Crippen molar-refractivity contribution in [3.63, 3.8) is 0 Å². The molecule has 0 unspecified atom stereocenters. The Kier molecular flexibility index (Phi) is 5.88. The first-order chi connectivity index (χ1) is 15.0. The van der Waals surface area contributed by atoms with Gasteiger partial charge in [-0.3, -0.25) is 19.8 Å². The zero-order valence-corrected chi connectivity index (χ0v) is 17.9. The second kappa shape index (κ2) is 8.75. The normalized spacial score (nSPS) is 15.0. The second-order valence-electron chi connectivity index (χ2n) is 6.42. The van der Waals surface area contributed by atoms with Gasteiger partial charge in [-0.15, -0.1) is 0 Å². The molecule has 0 aliphatic carbocycles. The van der Waals surface area contributed by atoms with Gasteiger partial charge in [0.15, 0.2) is 4.32 Å². The molecule has 0 atom stereocenters. The number of nitro benzene ring substituents is 1. The number of rotatable bonds is 6. The molecule has 1 fully saturated rings. The van der Waals surface area contributed by atoms with E-state index in [1.54, 1.807) is 37.3 Å². The van der Waals surface area contributed by atoms with Crippen LogP contribution >= 0.6 is 24.0 Å². The first-order valence-electron chi connectivity index (χ1n) is 9.32. The number of hydrogen-bond donors (Lipinski definition) is 0. The fourth-order valence-electron chi connectivity index (χ4n) is 3.10. The molecular weight excluding hydrogens is 436 g/mol. The maximum absolute atomic E-state index is 12.8. The number of ether oxygens (including phenoxy) is 1. The summed E-state index contributed by atoms with van der Waals surface area (Å²) in [6.07, 6.45) is 1.59. The predicted molar refractivity (Wildman–Crippen MR) is 124 cm³/mol. The van der Waals surface area contributed by atoms with Crippen molar-refractivity contribution < 1.29 is 18.9 Å². The highest BCUT2D eigenvalue weighted by atomic mass is 32.2. The van der Waals surface area contributed by atoms with E-state index in [0.717, 1.165) is 0 Å². The fourth-order valence-corrected chi connectivity index (χ4v) is 4.38. The van der Waals surface area contributed by atoms with Gasteiger partial charge in [0.25, 0.3) is 11.6 Å². The number of amides is 1. The SMILES string of the molecule is CCOc1ccc(-c2ccc(C=C3SC(=S)N(c4ccccc4)C3=O)o2)c([N+](=O)[O-])c1. The van der Waals surface area contributed by atoms with E-state index in [0.29, 0.717) is 44.4 Å². The van der Waals surface area contributed by atoms with E-state index in [1.807, 2.05) is 30.3 Å². The molecule has 0 saturated carbocycles. The van der Waals surface area contributed by atoms with E-state index in [4.69, 9.17) is 21.4 Å². The quantitative estimate of drug-likeness (QED) is 0.206. The van der Waals surface area contributed by atoms with Crippen LogP contribution in [0.25, 0.3) is 17.4 Å². The van der Waals surface area contributed by atoms with Crippen LogP contribution in [0.5, 0.6) is 5.75 Å². The average molecular weight is 453 g/mol. The molecule has 0 radical (unpaired) electrons. The summed E-state index contributed by atoms with van der Waals surface area (Å²) in [6, 6.07) is 17.0. The summed E-state index contributed by atoms with van der Waals surface area (Å²) in [7, 11) is 0. The van der Waals surface area contributed by atoms with Crippen LogP contribution in [0.3, 0.4) is 0 Å². The average Bonchev–Trinajstić information content (AvgIpc) is 3.33. The molecule has 3 aromatic rings. The zero-order valence-electron chi connectivity index (χ0n) is 16.3. The molecule has 31 heavy (non-hydrogen) atoms. The van der Waals surface area contributed by atoms with Crippen LogP contribution in [0.15, 0.2) is 70.0 Å². The van der Waals surface area contributed by atoms with Gasteiger partial charge in [-0.25, -0.2) is 0 Å². The Bertz CT molecular complexity index is 1200. The lowest BCUT2D eigenvalue weighted by molar-refractivity contribution is -0.384. The number of benzene rings is 2. The molecular formula is C22H16N2O5S2. The maximum atomic E-state index is 12.8. The highest BCUT2D eigenvalue weighted by molar-refractivity contribution is 8.27. The van der Waals surface area contributed by atoms with E-state index in [2.05, 4.69) is 0 Å². The van der Waals surface area contributed by atoms with Crippen LogP contribution in [-0.2, 0) is 4.79 Å². The Morgan fingerprint density at radius 3 is 2.68 bits per heavy atom. The smallest absolute Gasteiger partial charge is 0.284 e. The molecule has 2 aromatic carbocycles. The van der Waals surface area contributed by atoms with Crippen LogP contribution in [0.1, 0.15) is 12.7 Å². The third-order valence-electron chi connectivity index (χ3n) is 4.45. The Morgan fingerprint density at radius 1 is 1.19 bits per heavy atom. The first kappa shape index (κ1) is 20.8. The van der Waals surface area contributed by atoms with Gasteiger partial charge in [0.1, 0.15) is 17.3 Å². The topological polar surface area (TPSA) is 85.8 Å². The van der Waals surface area contributed by atoms with Crippen molar-refractivity contribution >= 4 is 51.7 Å². The number of para-hydroxylation sites is 1. The van der Waals surface area contributed by atoms with Crippen molar-refractivity contribution in [2.75, 3.05) is 11.5 Å². The van der Waals surface area contributed by atoms with Gasteiger partial charge in [-0.05, 0) is 43.3 Å². The molecule has 1 aliphatic rings. The van der Waals surface area contributed by atoms with Crippen molar-refractivity contribution in [3.8, 4) is 17.1 Å². The molecule has 2 heterocycles. The van der Waals surface area contributed by atoms with E-state index < -0.39 is 4.92 Å². The lowest BCUT2D eigenvalue weighted by Crippen LogP contribution is -2.27. The molecule has 0 spiro atoms. The Hall–Kier alpha value is -3.43. The summed E-state index contributed by atoms with van der Waals surface area (Å²) in [4.78, 5) is 25.8. The zero-order chi connectivity index (χ0) is 22.0. The van der Waals surface area contributed by atoms with Crippen LogP contribution < -0.4 is 9.64 Å². The minimum Gasteiger partial charge on any atom is -0.494 e. The van der Waals surface area contributed by atoms with Crippen molar-refractivity contribution in [2.24, 2.45) is 0 Å². The third kappa shape index (κ3) is 4.23. The minimum atomic E-state index is -0.481. The number of carbonyl (C=O) groups excluding carboxylic acids is 1. The number of carbonyl (C=O) groups is 1. The summed E-state index contributed by atoms with van der Waals surface area (Å²) in [5.41, 5.74) is 0.894. The molecule has 0 bridgehead atoms. The standard InChI is InChI=1S/C22H16N2O5S2/c1-2-28-15-8-10-17(18(12-15)24(26)27)19-11-9-16(29-19)13-20-21(25)23(22(30)31-20)14-6-4-3-5-7-14/h3-13H,2H2,1H3. The van der Waals surface area contributed by atoms with Crippen LogP contribution in [-0.4, -0.2) is 21.8 Å². The predicted octanol–water partition coefficient (Wildman–Crippen LogP) is 5.66. The van der Waals surface area contributed by atoms with E-state index in [9.17, 15) is 14.9 Å². The number of anilines is 1. The molecule has 1 amide bonds. The molecule has 0 N–H and O–H groups in total. The van der Waals surface area contributed by atoms with Gasteiger partial charge in [-0.2, -0.15) is 0 Å². The Labute approximate surface area is 187 Å². The number of hydrogen-bond acceptors (Lipinski definition) is 7. The number of thioether (sulfide) groups is 1. The second-order valence-corrected chi connectivity index (χ2v) is 8.10. The fraction of sp³-hybridized carbons (Fsp3) is 0.0909. The van der Waals surface area contributed by atoms with Crippen molar-refractivity contribution in [1.29, 1.82) is 0 Å². The van der Waals surface area contributed by atoms with Crippen molar-refractivity contribution in [1.82, 2.24) is 0 Å². The van der Waals surface area contributed by atoms with Crippen LogP contribution in [0.4, 0.5) is 11.4 Å². The molecule has 1 aromatic heterocycles. The van der Waals surface area contributed by atoms with Gasteiger partial charge in [0, 0.05) is 6.08 Å². The van der Waals surface area contributed by atoms with Gasteiger partial charge in [-0.1, -0.05) is 42.2 Å². The number of furan rings is 1. The van der Waals surface area contributed by atoms with Crippen molar-refractivity contribution in [3.05, 3.63) is 81.4 Å². The third-order valence-corrected chi connectivity index (χ3v) is 5.75. The lowest BCUT2D eigenvalue weighted by atomic mass is 10.1. The maximum Gasteiger partial charge on any atom is 0.284 e. The number of thiocarbonyl (C=S) groups is 1. The minimum absolute atomic E-state index is 0.123. The molecule has 156 valence electrons. The van der Waals surface area contributed by atoms with E-state index in [1.165, 1.54) is 22.7 Å². The summed E-state index contributed by atoms with van der Waals surface area (Å²) in [5.74, 6) is 0.881. The van der Waals surface area contributed by atoms with Crippen LogP contribution in [0.2, 0.25) is 0 Å². The Morgan fingerprint density at radius 2 is 1.97 bits per heavy atom. The van der Waals surface area contributed by atoms with Gasteiger partial charge >= 0.3 is 0 Å². The van der Waals surface area contributed by atoms with Gasteiger partial charge < -0.3 is 9.15 Å². The summed E-state index contributed by atoms with van der Waals surface area (Å²) >= 11 is 6.54. The molecule has 9 heteroatoms. The highest BCUT2D eigenvalue weighted by Crippen LogP contribution is 2.38. The summed E-state index contributed by atoms with van der Waals surface area (Å²) in [6.45, 7) is 2.21. The van der Waals surface area contributed by atoms with Gasteiger partial charge in [0.2, 0.25) is 0 Å². The molecule has 1 saturated heterocycles. The molecule has 4 rings (SSSR count). The first-order valence-corrected chi connectivity index (χ1v) is 10.5. The number of nitro groups is 1. The monoisotopic (exact) mass is 452 g/mol. The van der Waals surface area contributed by atoms with E-state index >= 15 is 0 Å². The Balaban J connectivity index is 1.63. The number of nitrogens with zero attached hydrogens (tertiary/aromatic N) is 2.